The topological polar surface area (TPSA) is 66.4 Å². The van der Waals surface area contributed by atoms with Crippen molar-refractivity contribution in [3.63, 3.8) is 0 Å². The van der Waals surface area contributed by atoms with Crippen molar-refractivity contribution in [2.24, 2.45) is 0 Å². The van der Waals surface area contributed by atoms with Gasteiger partial charge in [0.25, 0.3) is 0 Å². The Hall–Kier alpha value is -2.05. The highest BCUT2D eigenvalue weighted by Crippen LogP contribution is 2.24. The maximum Gasteiger partial charge on any atom is 0.471 e. The van der Waals surface area contributed by atoms with E-state index in [-0.39, 0.29) is 0 Å². The molecule has 4 nitrogen and oxygen atoms in total. The minimum atomic E-state index is -5.05. The zero-order valence-corrected chi connectivity index (χ0v) is 10.9. The van der Waals surface area contributed by atoms with Crippen molar-refractivity contribution in [2.45, 2.75) is 32.5 Å². The van der Waals surface area contributed by atoms with Gasteiger partial charge in [0.05, 0.1) is 12.5 Å². The fraction of sp³-hybridized carbons (Fsp3) is 0.385. The number of aliphatic carboxylic acids is 1. The maximum absolute atomic E-state index is 12.3. The SMILES string of the molecule is Cc1ccc(C(CC(=O)O)NC(=O)C(F)(F)F)c(C)c1. The summed E-state index contributed by atoms with van der Waals surface area (Å²) < 4.78 is 36.8. The summed E-state index contributed by atoms with van der Waals surface area (Å²) in [6, 6.07) is 3.66. The van der Waals surface area contributed by atoms with Crippen LogP contribution >= 0.6 is 0 Å². The highest BCUT2D eigenvalue weighted by molar-refractivity contribution is 5.82. The van der Waals surface area contributed by atoms with Gasteiger partial charge in [-0.25, -0.2) is 0 Å². The van der Waals surface area contributed by atoms with Gasteiger partial charge in [0.1, 0.15) is 0 Å². The first-order chi connectivity index (χ1) is 9.11. The van der Waals surface area contributed by atoms with Crippen molar-refractivity contribution in [1.82, 2.24) is 5.32 Å². The van der Waals surface area contributed by atoms with E-state index in [1.807, 2.05) is 0 Å². The molecule has 0 saturated heterocycles. The zero-order valence-electron chi connectivity index (χ0n) is 10.9. The van der Waals surface area contributed by atoms with E-state index >= 15 is 0 Å². The van der Waals surface area contributed by atoms with Gasteiger partial charge in [-0.2, -0.15) is 13.2 Å². The van der Waals surface area contributed by atoms with Gasteiger partial charge >= 0.3 is 18.1 Å². The van der Waals surface area contributed by atoms with Gasteiger partial charge in [0, 0.05) is 0 Å². The molecule has 1 rings (SSSR count). The Labute approximate surface area is 113 Å². The number of amides is 1. The summed E-state index contributed by atoms with van der Waals surface area (Å²) in [6.07, 6.45) is -5.67. The molecule has 2 N–H and O–H groups in total. The minimum absolute atomic E-state index is 0.357. The normalized spacial score (nSPS) is 12.8. The number of benzene rings is 1. The standard InChI is InChI=1S/C13H14F3NO3/c1-7-3-4-9(8(2)5-7)10(6-11(18)19)17-12(20)13(14,15)16/h3-5,10H,6H2,1-2H3,(H,17,20)(H,18,19). The first-order valence-corrected chi connectivity index (χ1v) is 5.78. The zero-order chi connectivity index (χ0) is 15.5. The van der Waals surface area contributed by atoms with Gasteiger partial charge in [0.15, 0.2) is 0 Å². The summed E-state index contributed by atoms with van der Waals surface area (Å²) in [5, 5.41) is 10.5. The molecule has 0 spiro atoms. The average molecular weight is 289 g/mol. The van der Waals surface area contributed by atoms with Gasteiger partial charge in [-0.1, -0.05) is 23.8 Å². The molecule has 0 aliphatic rings. The number of halogens is 3. The summed E-state index contributed by atoms with van der Waals surface area (Å²) in [5.41, 5.74) is 1.87. The predicted molar refractivity (Wildman–Crippen MR) is 65.1 cm³/mol. The van der Waals surface area contributed by atoms with Crippen LogP contribution in [0.1, 0.15) is 29.2 Å². The molecule has 0 aromatic heterocycles. The van der Waals surface area contributed by atoms with E-state index < -0.39 is 30.5 Å². The number of hydrogen-bond acceptors (Lipinski definition) is 2. The average Bonchev–Trinajstić information content (AvgIpc) is 2.26. The molecule has 1 aromatic carbocycles. The Morgan fingerprint density at radius 3 is 2.35 bits per heavy atom. The summed E-state index contributed by atoms with van der Waals surface area (Å²) in [6.45, 7) is 3.45. The molecule has 7 heteroatoms. The van der Waals surface area contributed by atoms with Crippen LogP contribution in [0.3, 0.4) is 0 Å². The predicted octanol–water partition coefficient (Wildman–Crippen LogP) is 2.50. The molecule has 20 heavy (non-hydrogen) atoms. The largest absolute Gasteiger partial charge is 0.481 e. The Balaban J connectivity index is 3.06. The first kappa shape index (κ1) is 16.0. The number of aryl methyl sites for hydroxylation is 2. The fourth-order valence-electron chi connectivity index (χ4n) is 1.87. The molecule has 1 unspecified atom stereocenters. The number of carbonyl (C=O) groups is 2. The van der Waals surface area contributed by atoms with E-state index in [1.54, 1.807) is 31.3 Å². The third kappa shape index (κ3) is 4.25. The smallest absolute Gasteiger partial charge is 0.471 e. The quantitative estimate of drug-likeness (QED) is 0.895. The lowest BCUT2D eigenvalue weighted by molar-refractivity contribution is -0.174. The van der Waals surface area contributed by atoms with Crippen molar-refractivity contribution in [3.05, 3.63) is 34.9 Å². The Morgan fingerprint density at radius 1 is 1.30 bits per heavy atom. The lowest BCUT2D eigenvalue weighted by Crippen LogP contribution is -2.40. The third-order valence-corrected chi connectivity index (χ3v) is 2.74. The molecule has 0 aliphatic heterocycles. The lowest BCUT2D eigenvalue weighted by atomic mass is 9.97. The first-order valence-electron chi connectivity index (χ1n) is 5.78. The van der Waals surface area contributed by atoms with E-state index in [0.29, 0.717) is 11.1 Å². The van der Waals surface area contributed by atoms with Crippen LogP contribution in [0.25, 0.3) is 0 Å². The maximum atomic E-state index is 12.3. The van der Waals surface area contributed by atoms with Crippen molar-refractivity contribution in [1.29, 1.82) is 0 Å². The second-order valence-electron chi connectivity index (χ2n) is 4.48. The van der Waals surface area contributed by atoms with Crippen molar-refractivity contribution in [2.75, 3.05) is 0 Å². The minimum Gasteiger partial charge on any atom is -0.481 e. The van der Waals surface area contributed by atoms with Crippen molar-refractivity contribution < 1.29 is 27.9 Å². The number of carbonyl (C=O) groups excluding carboxylic acids is 1. The number of rotatable bonds is 4. The third-order valence-electron chi connectivity index (χ3n) is 2.74. The summed E-state index contributed by atoms with van der Waals surface area (Å²) >= 11 is 0. The second-order valence-corrected chi connectivity index (χ2v) is 4.48. The van der Waals surface area contributed by atoms with Gasteiger partial charge in [-0.3, -0.25) is 9.59 Å². The van der Waals surface area contributed by atoms with Gasteiger partial charge in [-0.15, -0.1) is 0 Å². The second kappa shape index (κ2) is 5.94. The van der Waals surface area contributed by atoms with E-state index in [0.717, 1.165) is 5.56 Å². The summed E-state index contributed by atoms with van der Waals surface area (Å²) in [5.74, 6) is -3.44. The summed E-state index contributed by atoms with van der Waals surface area (Å²) in [4.78, 5) is 21.7. The molecule has 0 aliphatic carbocycles. The van der Waals surface area contributed by atoms with Crippen LogP contribution in [-0.4, -0.2) is 23.2 Å². The van der Waals surface area contributed by atoms with Crippen LogP contribution < -0.4 is 5.32 Å². The highest BCUT2D eigenvalue weighted by atomic mass is 19.4. The number of carboxylic acid groups (broad SMARTS) is 1. The highest BCUT2D eigenvalue weighted by Gasteiger charge is 2.40. The van der Waals surface area contributed by atoms with Crippen molar-refractivity contribution >= 4 is 11.9 Å². The molecule has 0 bridgehead atoms. The monoisotopic (exact) mass is 289 g/mol. The molecule has 1 atom stereocenters. The number of nitrogens with one attached hydrogen (secondary N) is 1. The number of alkyl halides is 3. The van der Waals surface area contributed by atoms with Gasteiger partial charge < -0.3 is 10.4 Å². The van der Waals surface area contributed by atoms with Crippen LogP contribution in [-0.2, 0) is 9.59 Å². The molecule has 0 radical (unpaired) electrons. The molecule has 0 heterocycles. The van der Waals surface area contributed by atoms with Crippen LogP contribution in [0.5, 0.6) is 0 Å². The van der Waals surface area contributed by atoms with Gasteiger partial charge in [-0.05, 0) is 25.0 Å². The van der Waals surface area contributed by atoms with E-state index in [2.05, 4.69) is 0 Å². The number of hydrogen-bond donors (Lipinski definition) is 2. The molecule has 110 valence electrons. The Bertz CT molecular complexity index is 526. The Kier molecular flexibility index (Phi) is 4.75. The van der Waals surface area contributed by atoms with E-state index in [4.69, 9.17) is 5.11 Å². The fourth-order valence-corrected chi connectivity index (χ4v) is 1.87. The summed E-state index contributed by atoms with van der Waals surface area (Å²) in [7, 11) is 0. The molecular weight excluding hydrogens is 275 g/mol. The molecule has 1 amide bonds. The molecule has 0 saturated carbocycles. The Morgan fingerprint density at radius 2 is 1.90 bits per heavy atom. The van der Waals surface area contributed by atoms with Crippen molar-refractivity contribution in [3.8, 4) is 0 Å². The van der Waals surface area contributed by atoms with E-state index in [9.17, 15) is 22.8 Å². The molecular formula is C13H14F3NO3. The molecule has 1 aromatic rings. The van der Waals surface area contributed by atoms with Gasteiger partial charge in [0.2, 0.25) is 0 Å². The van der Waals surface area contributed by atoms with Crippen LogP contribution in [0.2, 0.25) is 0 Å². The number of carboxylic acids is 1. The van der Waals surface area contributed by atoms with Crippen LogP contribution in [0, 0.1) is 13.8 Å². The van der Waals surface area contributed by atoms with Crippen LogP contribution in [0.15, 0.2) is 18.2 Å². The van der Waals surface area contributed by atoms with E-state index in [1.165, 1.54) is 6.07 Å². The lowest BCUT2D eigenvalue weighted by Gasteiger charge is -2.20. The molecule has 0 fully saturated rings. The van der Waals surface area contributed by atoms with Crippen LogP contribution in [0.4, 0.5) is 13.2 Å².